The van der Waals surface area contributed by atoms with Crippen LogP contribution in [0.3, 0.4) is 0 Å². The number of alkyl halides is 1. The zero-order valence-electron chi connectivity index (χ0n) is 12.2. The van der Waals surface area contributed by atoms with Gasteiger partial charge in [-0.3, -0.25) is 0 Å². The molecule has 0 N–H and O–H groups in total. The molecule has 3 rings (SSSR count). The minimum Gasteiger partial charge on any atom is -0.378 e. The van der Waals surface area contributed by atoms with Crippen molar-refractivity contribution in [1.82, 2.24) is 0 Å². The monoisotopic (exact) mass is 288 g/mol. The van der Waals surface area contributed by atoms with E-state index in [2.05, 4.69) is 43.3 Å². The molecular weight excluding hydrogens is 268 g/mol. The maximum atomic E-state index is 6.79. The lowest BCUT2D eigenvalue weighted by atomic mass is 9.75. The van der Waals surface area contributed by atoms with Crippen LogP contribution >= 0.6 is 11.6 Å². The van der Waals surface area contributed by atoms with E-state index in [1.165, 1.54) is 28.3 Å². The quantitative estimate of drug-likeness (QED) is 0.686. The highest BCUT2D eigenvalue weighted by molar-refractivity contribution is 6.22. The van der Waals surface area contributed by atoms with Crippen molar-refractivity contribution in [2.24, 2.45) is 0 Å². The minimum absolute atomic E-state index is 0.00972. The summed E-state index contributed by atoms with van der Waals surface area (Å²) < 4.78 is 5.73. The fourth-order valence-corrected chi connectivity index (χ4v) is 3.88. The number of halogens is 1. The Kier molecular flexibility index (Phi) is 3.74. The lowest BCUT2D eigenvalue weighted by Crippen LogP contribution is -2.40. The minimum atomic E-state index is 0.00972. The fourth-order valence-electron chi connectivity index (χ4n) is 3.31. The summed E-state index contributed by atoms with van der Waals surface area (Å²) >= 11 is 6.79. The summed E-state index contributed by atoms with van der Waals surface area (Å²) in [5.74, 6) is 0. The Hall–Kier alpha value is -1.05. The van der Waals surface area contributed by atoms with Gasteiger partial charge in [-0.2, -0.15) is 0 Å². The van der Waals surface area contributed by atoms with Gasteiger partial charge in [-0.25, -0.2) is 0 Å². The number of hydrogen-bond donors (Lipinski definition) is 0. The van der Waals surface area contributed by atoms with Crippen LogP contribution in [0.15, 0.2) is 36.4 Å². The van der Waals surface area contributed by atoms with Gasteiger partial charge in [0.1, 0.15) is 0 Å². The molecule has 0 amide bonds. The molecule has 0 saturated heterocycles. The zero-order chi connectivity index (χ0) is 14.2. The highest BCUT2D eigenvalue weighted by atomic mass is 35.5. The molecule has 2 heteroatoms. The van der Waals surface area contributed by atoms with Gasteiger partial charge >= 0.3 is 0 Å². The summed E-state index contributed by atoms with van der Waals surface area (Å²) in [7, 11) is 1.82. The second-order valence-corrected chi connectivity index (χ2v) is 6.46. The van der Waals surface area contributed by atoms with Gasteiger partial charge in [-0.1, -0.05) is 36.4 Å². The van der Waals surface area contributed by atoms with Gasteiger partial charge in [0, 0.05) is 7.11 Å². The second-order valence-electron chi connectivity index (χ2n) is 5.93. The maximum Gasteiger partial charge on any atom is 0.0696 e. The second kappa shape index (κ2) is 5.38. The van der Waals surface area contributed by atoms with Crippen LogP contribution in [0.1, 0.15) is 42.2 Å². The van der Waals surface area contributed by atoms with Gasteiger partial charge in [0.2, 0.25) is 0 Å². The van der Waals surface area contributed by atoms with Gasteiger partial charge in [0.15, 0.2) is 0 Å². The van der Waals surface area contributed by atoms with E-state index in [4.69, 9.17) is 16.3 Å². The Morgan fingerprint density at radius 2 is 1.95 bits per heavy atom. The summed E-state index contributed by atoms with van der Waals surface area (Å²) in [5, 5.41) is 2.55. The molecule has 0 aromatic heterocycles. The number of benzene rings is 2. The van der Waals surface area contributed by atoms with E-state index in [1.807, 2.05) is 7.11 Å². The van der Waals surface area contributed by atoms with Crippen LogP contribution in [-0.4, -0.2) is 12.7 Å². The van der Waals surface area contributed by atoms with Crippen molar-refractivity contribution >= 4 is 22.4 Å². The Balaban J connectivity index is 1.98. The largest absolute Gasteiger partial charge is 0.378 e. The third-order valence-electron chi connectivity index (χ3n) is 4.75. The Labute approximate surface area is 125 Å². The zero-order valence-corrected chi connectivity index (χ0v) is 12.9. The van der Waals surface area contributed by atoms with Gasteiger partial charge in [-0.15, -0.1) is 11.6 Å². The van der Waals surface area contributed by atoms with Crippen LogP contribution < -0.4 is 0 Å². The Morgan fingerprint density at radius 1 is 1.20 bits per heavy atom. The van der Waals surface area contributed by atoms with Crippen LogP contribution in [0.2, 0.25) is 0 Å². The average Bonchev–Trinajstić information content (AvgIpc) is 2.42. The third-order valence-corrected chi connectivity index (χ3v) is 5.12. The molecule has 0 heterocycles. The normalized spacial score (nSPS) is 18.8. The van der Waals surface area contributed by atoms with Crippen molar-refractivity contribution in [3.63, 3.8) is 0 Å². The number of rotatable bonds is 4. The number of aryl methyl sites for hydroxylation is 1. The number of hydrogen-bond acceptors (Lipinski definition) is 1. The van der Waals surface area contributed by atoms with Gasteiger partial charge in [0.05, 0.1) is 11.0 Å². The predicted octanol–water partition coefficient (Wildman–Crippen LogP) is 5.39. The lowest BCUT2D eigenvalue weighted by Gasteiger charge is -2.42. The first-order valence-electron chi connectivity index (χ1n) is 7.33. The van der Waals surface area contributed by atoms with Crippen molar-refractivity contribution in [2.75, 3.05) is 7.11 Å². The molecule has 1 saturated carbocycles. The number of ether oxygens (including phenoxy) is 1. The van der Waals surface area contributed by atoms with E-state index in [0.717, 1.165) is 19.3 Å². The number of methoxy groups -OCH3 is 1. The molecule has 0 bridgehead atoms. The van der Waals surface area contributed by atoms with E-state index >= 15 is 0 Å². The Morgan fingerprint density at radius 3 is 2.60 bits per heavy atom. The molecule has 0 radical (unpaired) electrons. The smallest absolute Gasteiger partial charge is 0.0696 e. The molecular formula is C18H21ClO. The molecule has 2 aromatic carbocycles. The van der Waals surface area contributed by atoms with Crippen molar-refractivity contribution in [3.05, 3.63) is 47.5 Å². The standard InChI is InChI=1S/C18H21ClO/c1-13-8-9-14-6-3-4-7-15(14)17(13)16(19)12-18(20-2)10-5-11-18/h3-4,6-9,16H,5,10-12H2,1-2H3. The highest BCUT2D eigenvalue weighted by Crippen LogP contribution is 2.45. The summed E-state index contributed by atoms with van der Waals surface area (Å²) in [6.45, 7) is 2.15. The molecule has 2 aromatic rings. The van der Waals surface area contributed by atoms with E-state index < -0.39 is 0 Å². The van der Waals surface area contributed by atoms with Gasteiger partial charge in [0.25, 0.3) is 0 Å². The molecule has 106 valence electrons. The highest BCUT2D eigenvalue weighted by Gasteiger charge is 2.39. The van der Waals surface area contributed by atoms with Gasteiger partial charge in [-0.05, 0) is 54.5 Å². The summed E-state index contributed by atoms with van der Waals surface area (Å²) in [6.07, 6.45) is 4.43. The summed E-state index contributed by atoms with van der Waals surface area (Å²) in [6, 6.07) is 12.8. The van der Waals surface area contributed by atoms with Crippen LogP contribution in [-0.2, 0) is 4.74 Å². The molecule has 1 aliphatic rings. The number of fused-ring (bicyclic) bond motifs is 1. The van der Waals surface area contributed by atoms with E-state index in [9.17, 15) is 0 Å². The topological polar surface area (TPSA) is 9.23 Å². The average molecular weight is 289 g/mol. The van der Waals surface area contributed by atoms with E-state index in [-0.39, 0.29) is 11.0 Å². The van der Waals surface area contributed by atoms with Crippen molar-refractivity contribution < 1.29 is 4.74 Å². The van der Waals surface area contributed by atoms with Crippen LogP contribution in [0.4, 0.5) is 0 Å². The summed E-state index contributed by atoms with van der Waals surface area (Å²) in [5.41, 5.74) is 2.55. The van der Waals surface area contributed by atoms with Crippen LogP contribution in [0, 0.1) is 6.92 Å². The summed E-state index contributed by atoms with van der Waals surface area (Å²) in [4.78, 5) is 0. The Bertz CT molecular complexity index is 610. The van der Waals surface area contributed by atoms with Crippen LogP contribution in [0.25, 0.3) is 10.8 Å². The lowest BCUT2D eigenvalue weighted by molar-refractivity contribution is -0.0779. The van der Waals surface area contributed by atoms with Crippen molar-refractivity contribution in [1.29, 1.82) is 0 Å². The van der Waals surface area contributed by atoms with Gasteiger partial charge < -0.3 is 4.74 Å². The predicted molar refractivity (Wildman–Crippen MR) is 85.5 cm³/mol. The van der Waals surface area contributed by atoms with Crippen LogP contribution in [0.5, 0.6) is 0 Å². The molecule has 1 nitrogen and oxygen atoms in total. The molecule has 1 fully saturated rings. The van der Waals surface area contributed by atoms with Crippen molar-refractivity contribution in [2.45, 2.75) is 43.6 Å². The molecule has 0 spiro atoms. The molecule has 1 atom stereocenters. The molecule has 1 unspecified atom stereocenters. The molecule has 20 heavy (non-hydrogen) atoms. The molecule has 0 aliphatic heterocycles. The SMILES string of the molecule is COC1(CC(Cl)c2c(C)ccc3ccccc23)CCC1. The third kappa shape index (κ3) is 2.34. The van der Waals surface area contributed by atoms with E-state index in [1.54, 1.807) is 0 Å². The van der Waals surface area contributed by atoms with E-state index in [0.29, 0.717) is 0 Å². The first kappa shape index (κ1) is 13.9. The maximum absolute atomic E-state index is 6.79. The molecule has 1 aliphatic carbocycles. The van der Waals surface area contributed by atoms with Crippen molar-refractivity contribution in [3.8, 4) is 0 Å². The fraction of sp³-hybridized carbons (Fsp3) is 0.444. The first-order valence-corrected chi connectivity index (χ1v) is 7.76. The first-order chi connectivity index (χ1) is 9.65.